The predicted molar refractivity (Wildman–Crippen MR) is 96.2 cm³/mol. The summed E-state index contributed by atoms with van der Waals surface area (Å²) in [6, 6.07) is 10.3. The Balaban J connectivity index is 1.62. The molecule has 1 amide bonds. The molecule has 2 heterocycles. The van der Waals surface area contributed by atoms with Gasteiger partial charge in [-0.2, -0.15) is 5.10 Å². The Labute approximate surface area is 154 Å². The number of halogens is 2. The topological polar surface area (TPSA) is 69.0 Å². The van der Waals surface area contributed by atoms with Crippen molar-refractivity contribution in [1.29, 1.82) is 0 Å². The average Bonchev–Trinajstić information content (AvgIpc) is 3.07. The number of anilines is 1. The van der Waals surface area contributed by atoms with Gasteiger partial charge >= 0.3 is 0 Å². The molecule has 25 heavy (non-hydrogen) atoms. The molecule has 0 radical (unpaired) electrons. The highest BCUT2D eigenvalue weighted by Gasteiger charge is 2.11. The van der Waals surface area contributed by atoms with Crippen molar-refractivity contribution in [2.24, 2.45) is 0 Å². The van der Waals surface area contributed by atoms with Gasteiger partial charge in [0.1, 0.15) is 16.6 Å². The molecule has 1 N–H and O–H groups in total. The van der Waals surface area contributed by atoms with Crippen LogP contribution in [-0.4, -0.2) is 20.7 Å². The van der Waals surface area contributed by atoms with Crippen molar-refractivity contribution in [3.8, 4) is 5.75 Å². The maximum Gasteiger partial charge on any atom is 0.277 e. The van der Waals surface area contributed by atoms with Crippen LogP contribution < -0.4 is 10.1 Å². The van der Waals surface area contributed by atoms with Gasteiger partial charge in [-0.15, -0.1) is 0 Å². The van der Waals surface area contributed by atoms with E-state index in [-0.39, 0.29) is 18.3 Å². The molecule has 0 aliphatic carbocycles. The number of pyridine rings is 1. The quantitative estimate of drug-likeness (QED) is 0.724. The lowest BCUT2D eigenvalue weighted by Gasteiger charge is -2.08. The van der Waals surface area contributed by atoms with Crippen LogP contribution in [0.4, 0.5) is 5.82 Å². The Kier molecular flexibility index (Phi) is 5.21. The number of amides is 1. The molecule has 128 valence electrons. The molecule has 0 atom stereocenters. The molecule has 0 aliphatic rings. The minimum absolute atomic E-state index is 0.0934. The number of nitrogens with one attached hydrogen (secondary N) is 1. The van der Waals surface area contributed by atoms with E-state index in [4.69, 9.17) is 27.9 Å². The third kappa shape index (κ3) is 4.29. The summed E-state index contributed by atoms with van der Waals surface area (Å²) in [6.45, 7) is 2.02. The van der Waals surface area contributed by atoms with E-state index in [1.165, 1.54) is 4.68 Å². The first-order chi connectivity index (χ1) is 12.0. The lowest BCUT2D eigenvalue weighted by atomic mass is 10.3. The summed E-state index contributed by atoms with van der Waals surface area (Å²) in [6.07, 6.45) is 3.31. The molecule has 0 aliphatic heterocycles. The Morgan fingerprint density at radius 2 is 2.08 bits per heavy atom. The van der Waals surface area contributed by atoms with Crippen LogP contribution in [0.3, 0.4) is 0 Å². The summed E-state index contributed by atoms with van der Waals surface area (Å²) in [4.78, 5) is 16.3. The van der Waals surface area contributed by atoms with Crippen LogP contribution in [0.25, 0.3) is 0 Å². The molecule has 0 fully saturated rings. The first-order valence-electron chi connectivity index (χ1n) is 7.37. The standard InChI is InChI=1S/C17H14Cl2N4O2/c1-11-5-6-15(20-9-11)21-17(24)13-7-8-23(22-13)10-25-14-4-2-3-12(18)16(14)19/h2-9H,10H2,1H3,(H,20,21,24). The molecule has 0 spiro atoms. The van der Waals surface area contributed by atoms with Gasteiger partial charge in [-0.05, 0) is 36.8 Å². The van der Waals surface area contributed by atoms with E-state index in [9.17, 15) is 4.79 Å². The van der Waals surface area contributed by atoms with Gasteiger partial charge in [0.15, 0.2) is 12.4 Å². The number of hydrogen-bond donors (Lipinski definition) is 1. The fourth-order valence-corrected chi connectivity index (χ4v) is 2.35. The second kappa shape index (κ2) is 7.55. The minimum atomic E-state index is -0.351. The molecule has 3 rings (SSSR count). The molecular weight excluding hydrogens is 363 g/mol. The molecule has 0 unspecified atom stereocenters. The van der Waals surface area contributed by atoms with Crippen LogP contribution in [0.2, 0.25) is 10.0 Å². The normalized spacial score (nSPS) is 10.5. The zero-order valence-corrected chi connectivity index (χ0v) is 14.8. The first-order valence-corrected chi connectivity index (χ1v) is 8.13. The number of rotatable bonds is 5. The molecular formula is C17H14Cl2N4O2. The van der Waals surface area contributed by atoms with Gasteiger partial charge in [0.05, 0.1) is 5.02 Å². The zero-order chi connectivity index (χ0) is 17.8. The summed E-state index contributed by atoms with van der Waals surface area (Å²) in [5.41, 5.74) is 1.27. The predicted octanol–water partition coefficient (Wildman–Crippen LogP) is 4.18. The molecule has 3 aromatic rings. The van der Waals surface area contributed by atoms with Crippen molar-refractivity contribution >= 4 is 34.9 Å². The maximum absolute atomic E-state index is 12.2. The second-order valence-electron chi connectivity index (χ2n) is 5.24. The summed E-state index contributed by atoms with van der Waals surface area (Å²) in [5.74, 6) is 0.558. The molecule has 1 aromatic carbocycles. The van der Waals surface area contributed by atoms with Crippen LogP contribution in [0.1, 0.15) is 16.1 Å². The minimum Gasteiger partial charge on any atom is -0.470 e. The van der Waals surface area contributed by atoms with Gasteiger partial charge < -0.3 is 10.1 Å². The van der Waals surface area contributed by atoms with Gasteiger partial charge in [0.25, 0.3) is 5.91 Å². The van der Waals surface area contributed by atoms with E-state index in [2.05, 4.69) is 15.4 Å². The number of carbonyl (C=O) groups excluding carboxylic acids is 1. The molecule has 0 saturated carbocycles. The van der Waals surface area contributed by atoms with Gasteiger partial charge in [-0.1, -0.05) is 35.3 Å². The van der Waals surface area contributed by atoms with Crippen molar-refractivity contribution in [2.75, 3.05) is 5.32 Å². The van der Waals surface area contributed by atoms with E-state index in [0.29, 0.717) is 21.6 Å². The van der Waals surface area contributed by atoms with E-state index in [0.717, 1.165) is 5.56 Å². The Bertz CT molecular complexity index is 894. The van der Waals surface area contributed by atoms with Crippen molar-refractivity contribution in [1.82, 2.24) is 14.8 Å². The number of carbonyl (C=O) groups is 1. The number of aromatic nitrogens is 3. The Morgan fingerprint density at radius 1 is 1.24 bits per heavy atom. The van der Waals surface area contributed by atoms with Gasteiger partial charge in [-0.3, -0.25) is 4.79 Å². The van der Waals surface area contributed by atoms with Crippen LogP contribution in [0.5, 0.6) is 5.75 Å². The average molecular weight is 377 g/mol. The first kappa shape index (κ1) is 17.3. The summed E-state index contributed by atoms with van der Waals surface area (Å²) >= 11 is 12.0. The van der Waals surface area contributed by atoms with Crippen LogP contribution >= 0.6 is 23.2 Å². The fraction of sp³-hybridized carbons (Fsp3) is 0.118. The number of nitrogens with zero attached hydrogens (tertiary/aromatic N) is 3. The Hall–Kier alpha value is -2.57. The number of hydrogen-bond acceptors (Lipinski definition) is 4. The van der Waals surface area contributed by atoms with Crippen LogP contribution in [0, 0.1) is 6.92 Å². The fourth-order valence-electron chi connectivity index (χ4n) is 2.01. The lowest BCUT2D eigenvalue weighted by Crippen LogP contribution is -2.15. The molecule has 0 saturated heterocycles. The summed E-state index contributed by atoms with van der Waals surface area (Å²) in [7, 11) is 0. The van der Waals surface area contributed by atoms with E-state index >= 15 is 0 Å². The second-order valence-corrected chi connectivity index (χ2v) is 6.03. The highest BCUT2D eigenvalue weighted by Crippen LogP contribution is 2.31. The third-order valence-corrected chi connectivity index (χ3v) is 4.10. The number of benzene rings is 1. The molecule has 6 nitrogen and oxygen atoms in total. The van der Waals surface area contributed by atoms with Gasteiger partial charge in [-0.25, -0.2) is 9.67 Å². The van der Waals surface area contributed by atoms with Crippen LogP contribution in [0.15, 0.2) is 48.8 Å². The van der Waals surface area contributed by atoms with Crippen molar-refractivity contribution in [3.63, 3.8) is 0 Å². The largest absolute Gasteiger partial charge is 0.470 e. The third-order valence-electron chi connectivity index (χ3n) is 3.29. The SMILES string of the molecule is Cc1ccc(NC(=O)c2ccn(COc3cccc(Cl)c3Cl)n2)nc1. The highest BCUT2D eigenvalue weighted by molar-refractivity contribution is 6.42. The van der Waals surface area contributed by atoms with Crippen molar-refractivity contribution in [2.45, 2.75) is 13.7 Å². The summed E-state index contributed by atoms with van der Waals surface area (Å²) < 4.78 is 7.05. The van der Waals surface area contributed by atoms with Gasteiger partial charge in [0, 0.05) is 12.4 Å². The van der Waals surface area contributed by atoms with E-state index < -0.39 is 0 Å². The van der Waals surface area contributed by atoms with E-state index in [1.807, 2.05) is 13.0 Å². The van der Waals surface area contributed by atoms with Crippen molar-refractivity contribution < 1.29 is 9.53 Å². The molecule has 8 heteroatoms. The molecule has 2 aromatic heterocycles. The van der Waals surface area contributed by atoms with Crippen molar-refractivity contribution in [3.05, 3.63) is 70.1 Å². The number of aryl methyl sites for hydroxylation is 1. The highest BCUT2D eigenvalue weighted by atomic mass is 35.5. The zero-order valence-electron chi connectivity index (χ0n) is 13.2. The smallest absolute Gasteiger partial charge is 0.277 e. The lowest BCUT2D eigenvalue weighted by molar-refractivity contribution is 0.102. The van der Waals surface area contributed by atoms with E-state index in [1.54, 1.807) is 42.7 Å². The molecule has 0 bridgehead atoms. The van der Waals surface area contributed by atoms with Crippen LogP contribution in [-0.2, 0) is 6.73 Å². The maximum atomic E-state index is 12.2. The van der Waals surface area contributed by atoms with Gasteiger partial charge in [0.2, 0.25) is 0 Å². The monoisotopic (exact) mass is 376 g/mol. The number of ether oxygens (including phenoxy) is 1. The summed E-state index contributed by atoms with van der Waals surface area (Å²) in [5, 5.41) is 7.59. The Morgan fingerprint density at radius 3 is 2.84 bits per heavy atom.